The highest BCUT2D eigenvalue weighted by Gasteiger charge is 2.59. The summed E-state index contributed by atoms with van der Waals surface area (Å²) in [4.78, 5) is 12.9. The van der Waals surface area contributed by atoms with Crippen LogP contribution in [0.3, 0.4) is 0 Å². The Bertz CT molecular complexity index is 571. The molecule has 0 unspecified atom stereocenters. The molecule has 0 aromatic heterocycles. The van der Waals surface area contributed by atoms with E-state index in [-0.39, 0.29) is 11.8 Å². The van der Waals surface area contributed by atoms with Gasteiger partial charge in [-0.15, -0.1) is 0 Å². The number of hydrogen-bond donors (Lipinski definition) is 0. The van der Waals surface area contributed by atoms with E-state index in [4.69, 9.17) is 4.74 Å². The van der Waals surface area contributed by atoms with Crippen molar-refractivity contribution in [3.05, 3.63) is 35.4 Å². The quantitative estimate of drug-likeness (QED) is 0.787. The molecule has 4 nitrogen and oxygen atoms in total. The van der Waals surface area contributed by atoms with Crippen LogP contribution in [0.4, 0.5) is 0 Å². The second kappa shape index (κ2) is 4.06. The van der Waals surface area contributed by atoms with Crippen LogP contribution < -0.4 is 0 Å². The summed E-state index contributed by atoms with van der Waals surface area (Å²) in [7, 11) is 0. The number of carbonyl (C=O) groups excluding carboxylic acids is 1. The second-order valence-corrected chi connectivity index (χ2v) is 6.28. The predicted molar refractivity (Wildman–Crippen MR) is 74.8 cm³/mol. The van der Waals surface area contributed by atoms with Gasteiger partial charge in [0.25, 0.3) is 5.91 Å². The first-order chi connectivity index (χ1) is 9.66. The molecule has 0 bridgehead atoms. The third kappa shape index (κ3) is 1.31. The van der Waals surface area contributed by atoms with Gasteiger partial charge in [-0.1, -0.05) is 32.0 Å². The van der Waals surface area contributed by atoms with Crippen molar-refractivity contribution in [1.29, 1.82) is 0 Å². The van der Waals surface area contributed by atoms with Crippen molar-refractivity contribution in [3.8, 4) is 0 Å². The molecule has 1 amide bonds. The van der Waals surface area contributed by atoms with Crippen molar-refractivity contribution in [1.82, 2.24) is 10.0 Å². The molecule has 3 heterocycles. The Labute approximate surface area is 119 Å². The molecule has 2 saturated heterocycles. The van der Waals surface area contributed by atoms with E-state index in [1.807, 2.05) is 29.3 Å². The Morgan fingerprint density at radius 1 is 1.35 bits per heavy atom. The van der Waals surface area contributed by atoms with Crippen LogP contribution in [0.2, 0.25) is 0 Å². The lowest BCUT2D eigenvalue weighted by Crippen LogP contribution is -2.64. The second-order valence-electron chi connectivity index (χ2n) is 6.28. The average molecular weight is 272 g/mol. The lowest BCUT2D eigenvalue weighted by molar-refractivity contribution is -0.285. The van der Waals surface area contributed by atoms with Gasteiger partial charge in [0.05, 0.1) is 12.6 Å². The van der Waals surface area contributed by atoms with E-state index in [9.17, 15) is 4.79 Å². The van der Waals surface area contributed by atoms with Crippen molar-refractivity contribution in [2.75, 3.05) is 13.2 Å². The van der Waals surface area contributed by atoms with Crippen molar-refractivity contribution in [3.63, 3.8) is 0 Å². The molecule has 1 aromatic rings. The van der Waals surface area contributed by atoms with Crippen LogP contribution in [0.5, 0.6) is 0 Å². The highest BCUT2D eigenvalue weighted by molar-refractivity contribution is 5.99. The molecule has 1 aromatic carbocycles. The van der Waals surface area contributed by atoms with Crippen molar-refractivity contribution in [2.24, 2.45) is 5.92 Å². The summed E-state index contributed by atoms with van der Waals surface area (Å²) in [6, 6.07) is 8.27. The smallest absolute Gasteiger partial charge is 0.271 e. The minimum atomic E-state index is -0.603. The van der Waals surface area contributed by atoms with Crippen molar-refractivity contribution in [2.45, 2.75) is 38.5 Å². The standard InChI is InChI=1S/C16H20N2O2/c1-11(2)16-14-8-4-3-7-13(14)15(19)18(16)17-9-5-6-12(17)10-20-16/h3-4,7-8,11-12H,5-6,9-10H2,1-2H3/t12-,16+/m0/s1. The van der Waals surface area contributed by atoms with E-state index < -0.39 is 5.72 Å². The lowest BCUT2D eigenvalue weighted by atomic mass is 9.90. The zero-order valence-electron chi connectivity index (χ0n) is 12.0. The third-order valence-electron chi connectivity index (χ3n) is 4.93. The number of amides is 1. The molecule has 106 valence electrons. The molecule has 4 rings (SSSR count). The number of hydrogen-bond acceptors (Lipinski definition) is 3. The molecular weight excluding hydrogens is 252 g/mol. The van der Waals surface area contributed by atoms with Gasteiger partial charge in [-0.2, -0.15) is 0 Å². The molecule has 0 saturated carbocycles. The Kier molecular flexibility index (Phi) is 2.51. The van der Waals surface area contributed by atoms with Gasteiger partial charge >= 0.3 is 0 Å². The van der Waals surface area contributed by atoms with Crippen molar-refractivity contribution < 1.29 is 9.53 Å². The molecule has 0 radical (unpaired) electrons. The largest absolute Gasteiger partial charge is 0.348 e. The van der Waals surface area contributed by atoms with Gasteiger partial charge in [0.1, 0.15) is 0 Å². The Morgan fingerprint density at radius 2 is 2.15 bits per heavy atom. The monoisotopic (exact) mass is 272 g/mol. The van der Waals surface area contributed by atoms with E-state index in [0.717, 1.165) is 37.1 Å². The van der Waals surface area contributed by atoms with Gasteiger partial charge in [0, 0.05) is 23.6 Å². The summed E-state index contributed by atoms with van der Waals surface area (Å²) in [5, 5.41) is 4.18. The normalized spacial score (nSPS) is 32.5. The molecule has 2 fully saturated rings. The fraction of sp³-hybridized carbons (Fsp3) is 0.562. The van der Waals surface area contributed by atoms with Gasteiger partial charge in [-0.25, -0.2) is 10.0 Å². The molecule has 3 aliphatic rings. The number of rotatable bonds is 1. The van der Waals surface area contributed by atoms with E-state index in [2.05, 4.69) is 18.9 Å². The third-order valence-corrected chi connectivity index (χ3v) is 4.93. The molecule has 0 N–H and O–H groups in total. The number of nitrogens with zero attached hydrogens (tertiary/aromatic N) is 2. The molecule has 20 heavy (non-hydrogen) atoms. The van der Waals surface area contributed by atoms with Crippen LogP contribution in [-0.4, -0.2) is 35.1 Å². The molecule has 2 atom stereocenters. The van der Waals surface area contributed by atoms with E-state index in [0.29, 0.717) is 6.04 Å². The summed E-state index contributed by atoms with van der Waals surface area (Å²) < 4.78 is 6.33. The number of hydrazine groups is 1. The van der Waals surface area contributed by atoms with Gasteiger partial charge in [0.2, 0.25) is 0 Å². The highest BCUT2D eigenvalue weighted by Crippen LogP contribution is 2.50. The predicted octanol–water partition coefficient (Wildman–Crippen LogP) is 2.36. The first kappa shape index (κ1) is 12.4. The van der Waals surface area contributed by atoms with E-state index in [1.165, 1.54) is 0 Å². The van der Waals surface area contributed by atoms with Crippen LogP contribution in [0.15, 0.2) is 24.3 Å². The van der Waals surface area contributed by atoms with Gasteiger partial charge < -0.3 is 4.74 Å². The maximum absolute atomic E-state index is 12.9. The summed E-state index contributed by atoms with van der Waals surface area (Å²) in [5.74, 6) is 0.317. The summed E-state index contributed by atoms with van der Waals surface area (Å²) in [5.41, 5.74) is 1.23. The first-order valence-electron chi connectivity index (χ1n) is 7.51. The molecule has 0 aliphatic carbocycles. The van der Waals surface area contributed by atoms with Crippen LogP contribution in [0.1, 0.15) is 42.6 Å². The first-order valence-corrected chi connectivity index (χ1v) is 7.51. The maximum atomic E-state index is 12.9. The molecule has 4 heteroatoms. The summed E-state index contributed by atoms with van der Waals surface area (Å²) in [6.45, 7) is 5.95. The fourth-order valence-electron chi connectivity index (χ4n) is 4.01. The highest BCUT2D eigenvalue weighted by atomic mass is 16.5. The number of benzene rings is 1. The summed E-state index contributed by atoms with van der Waals surface area (Å²) in [6.07, 6.45) is 2.26. The molecular formula is C16H20N2O2. The zero-order chi connectivity index (χ0) is 13.9. The van der Waals surface area contributed by atoms with Crippen molar-refractivity contribution >= 4 is 5.91 Å². The molecule has 0 spiro atoms. The minimum Gasteiger partial charge on any atom is -0.348 e. The average Bonchev–Trinajstić information content (AvgIpc) is 3.01. The lowest BCUT2D eigenvalue weighted by Gasteiger charge is -2.51. The van der Waals surface area contributed by atoms with Crippen LogP contribution in [0.25, 0.3) is 0 Å². The zero-order valence-corrected chi connectivity index (χ0v) is 12.0. The Morgan fingerprint density at radius 3 is 2.95 bits per heavy atom. The van der Waals surface area contributed by atoms with Gasteiger partial charge in [-0.3, -0.25) is 4.79 Å². The summed E-state index contributed by atoms with van der Waals surface area (Å²) >= 11 is 0. The van der Waals surface area contributed by atoms with E-state index in [1.54, 1.807) is 0 Å². The minimum absolute atomic E-state index is 0.0981. The molecule has 3 aliphatic heterocycles. The Hall–Kier alpha value is -1.39. The Balaban J connectivity index is 1.92. The maximum Gasteiger partial charge on any atom is 0.271 e. The number of fused-ring (bicyclic) bond motifs is 5. The number of carbonyl (C=O) groups is 1. The topological polar surface area (TPSA) is 32.8 Å². The van der Waals surface area contributed by atoms with E-state index >= 15 is 0 Å². The van der Waals surface area contributed by atoms with Gasteiger partial charge in [0.15, 0.2) is 5.72 Å². The van der Waals surface area contributed by atoms with Crippen LogP contribution in [0, 0.1) is 5.92 Å². The fourth-order valence-corrected chi connectivity index (χ4v) is 4.01. The SMILES string of the molecule is CC(C)[C@]12OC[C@@H]3CCCN3N1C(=O)c1ccccc12. The van der Waals surface area contributed by atoms with Crippen LogP contribution in [-0.2, 0) is 10.5 Å². The van der Waals surface area contributed by atoms with Crippen LogP contribution >= 0.6 is 0 Å². The van der Waals surface area contributed by atoms with Gasteiger partial charge in [-0.05, 0) is 18.9 Å². The number of ether oxygens (including phenoxy) is 1.